The number of pyridine rings is 1. The lowest BCUT2D eigenvalue weighted by molar-refractivity contribution is -0.0592. The van der Waals surface area contributed by atoms with Crippen LogP contribution in [0.2, 0.25) is 5.02 Å². The quantitative estimate of drug-likeness (QED) is 0.201. The van der Waals surface area contributed by atoms with Crippen molar-refractivity contribution in [2.45, 2.75) is 57.9 Å². The molecule has 2 aliphatic rings. The monoisotopic (exact) mass is 598 g/mol. The summed E-state index contributed by atoms with van der Waals surface area (Å²) in [5, 5.41) is 0.358. The summed E-state index contributed by atoms with van der Waals surface area (Å²) in [4.78, 5) is 25.8. The number of imidazole rings is 1. The molecular weight excluding hydrogens is 567 g/mol. The predicted octanol–water partition coefficient (Wildman–Crippen LogP) is 6.21. The first-order chi connectivity index (χ1) is 20.0. The van der Waals surface area contributed by atoms with E-state index in [4.69, 9.17) is 35.8 Å². The van der Waals surface area contributed by atoms with Crippen LogP contribution < -0.4 is 4.74 Å². The van der Waals surface area contributed by atoms with Gasteiger partial charge in [0.15, 0.2) is 0 Å². The molecule has 1 aromatic carbocycles. The number of ether oxygens (including phenoxy) is 3. The highest BCUT2D eigenvalue weighted by Gasteiger charge is 2.27. The van der Waals surface area contributed by atoms with Crippen LogP contribution in [0.25, 0.3) is 10.3 Å². The van der Waals surface area contributed by atoms with Crippen LogP contribution in [0.4, 0.5) is 4.39 Å². The van der Waals surface area contributed by atoms with Crippen molar-refractivity contribution in [1.29, 1.82) is 0 Å². The summed E-state index contributed by atoms with van der Waals surface area (Å²) in [5.41, 5.74) is 2.40. The SMILES string of the molecule is CCOC(=O)c1cc2c(nc(CN3CCC(c4cccc(OCc5ccc(Cl)cc5F)n4)CC3)n2C[C@@H]2CCO2)s1. The number of nitrogens with zero attached hydrogens (tertiary/aromatic N) is 4. The molecule has 0 aliphatic carbocycles. The summed E-state index contributed by atoms with van der Waals surface area (Å²) in [7, 11) is 0. The number of carbonyl (C=O) groups excluding carboxylic acids is 1. The van der Waals surface area contributed by atoms with Crippen LogP contribution in [0.3, 0.4) is 0 Å². The standard InChI is InChI=1S/C30H32ClFN4O4S/c1-2-38-30(37)26-15-25-29(41-26)34-27(36(25)16-22-10-13-39-22)17-35-11-8-19(9-12-35)24-4-3-5-28(33-24)40-18-20-6-7-21(31)14-23(20)32/h3-7,14-15,19,22H,2,8-13,16-18H2,1H3/t22-/m0/s1. The van der Waals surface area contributed by atoms with Gasteiger partial charge in [0.25, 0.3) is 0 Å². The zero-order valence-electron chi connectivity index (χ0n) is 22.9. The number of likely N-dealkylation sites (tertiary alicyclic amines) is 1. The molecule has 216 valence electrons. The van der Waals surface area contributed by atoms with E-state index in [9.17, 15) is 9.18 Å². The first kappa shape index (κ1) is 28.1. The molecule has 2 aliphatic heterocycles. The molecule has 0 amide bonds. The summed E-state index contributed by atoms with van der Waals surface area (Å²) in [5.74, 6) is 1.12. The van der Waals surface area contributed by atoms with Gasteiger partial charge in [-0.15, -0.1) is 11.3 Å². The minimum absolute atomic E-state index is 0.0924. The Morgan fingerprint density at radius 1 is 1.17 bits per heavy atom. The second kappa shape index (κ2) is 12.4. The van der Waals surface area contributed by atoms with Crippen molar-refractivity contribution in [3.05, 3.63) is 75.3 Å². The zero-order valence-corrected chi connectivity index (χ0v) is 24.4. The third kappa shape index (κ3) is 6.40. The summed E-state index contributed by atoms with van der Waals surface area (Å²) >= 11 is 7.24. The van der Waals surface area contributed by atoms with Gasteiger partial charge in [0, 0.05) is 34.9 Å². The number of hydrogen-bond acceptors (Lipinski definition) is 8. The first-order valence-electron chi connectivity index (χ1n) is 14.0. The lowest BCUT2D eigenvalue weighted by Gasteiger charge is -2.32. The Kier molecular flexibility index (Phi) is 8.52. The topological polar surface area (TPSA) is 78.7 Å². The second-order valence-electron chi connectivity index (χ2n) is 10.4. The number of piperidine rings is 1. The molecular formula is C30H32ClFN4O4S. The van der Waals surface area contributed by atoms with Gasteiger partial charge in [0.05, 0.1) is 31.3 Å². The molecule has 41 heavy (non-hydrogen) atoms. The smallest absolute Gasteiger partial charge is 0.348 e. The van der Waals surface area contributed by atoms with Gasteiger partial charge >= 0.3 is 5.97 Å². The number of halogens is 2. The van der Waals surface area contributed by atoms with Crippen molar-refractivity contribution in [2.75, 3.05) is 26.3 Å². The molecule has 1 atom stereocenters. The van der Waals surface area contributed by atoms with Crippen LogP contribution in [0.5, 0.6) is 5.88 Å². The van der Waals surface area contributed by atoms with Gasteiger partial charge in [-0.05, 0) is 63.5 Å². The summed E-state index contributed by atoms with van der Waals surface area (Å²) < 4.78 is 33.1. The molecule has 2 fully saturated rings. The lowest BCUT2D eigenvalue weighted by Crippen LogP contribution is -2.35. The average molecular weight is 599 g/mol. The maximum Gasteiger partial charge on any atom is 0.348 e. The Morgan fingerprint density at radius 2 is 2.00 bits per heavy atom. The second-order valence-corrected chi connectivity index (χ2v) is 11.9. The molecule has 0 saturated carbocycles. The molecule has 0 N–H and O–H groups in total. The highest BCUT2D eigenvalue weighted by Crippen LogP contribution is 2.32. The lowest BCUT2D eigenvalue weighted by atomic mass is 9.93. The Balaban J connectivity index is 1.09. The molecule has 0 bridgehead atoms. The summed E-state index contributed by atoms with van der Waals surface area (Å²) in [6, 6.07) is 12.3. The van der Waals surface area contributed by atoms with Gasteiger partial charge in [-0.25, -0.2) is 19.2 Å². The van der Waals surface area contributed by atoms with Crippen LogP contribution in [-0.4, -0.2) is 57.8 Å². The Bertz CT molecular complexity index is 1530. The van der Waals surface area contributed by atoms with Crippen molar-refractivity contribution in [3.8, 4) is 5.88 Å². The number of hydrogen-bond donors (Lipinski definition) is 0. The van der Waals surface area contributed by atoms with E-state index in [1.807, 2.05) is 25.1 Å². The maximum atomic E-state index is 14.1. The van der Waals surface area contributed by atoms with Crippen molar-refractivity contribution in [2.24, 2.45) is 0 Å². The summed E-state index contributed by atoms with van der Waals surface area (Å²) in [6.45, 7) is 6.35. The van der Waals surface area contributed by atoms with Gasteiger partial charge in [-0.3, -0.25) is 4.90 Å². The number of rotatable bonds is 10. The third-order valence-corrected chi connectivity index (χ3v) is 8.92. The molecule has 0 spiro atoms. The van der Waals surface area contributed by atoms with E-state index < -0.39 is 0 Å². The van der Waals surface area contributed by atoms with Crippen molar-refractivity contribution >= 4 is 39.3 Å². The average Bonchev–Trinajstić information content (AvgIpc) is 3.49. The number of esters is 1. The van der Waals surface area contributed by atoms with Crippen LogP contribution in [0.15, 0.2) is 42.5 Å². The number of aromatic nitrogens is 3. The highest BCUT2D eigenvalue weighted by atomic mass is 35.5. The van der Waals surface area contributed by atoms with Crippen LogP contribution in [0.1, 0.15) is 58.9 Å². The minimum atomic E-state index is -0.388. The van der Waals surface area contributed by atoms with Gasteiger partial charge in [-0.1, -0.05) is 23.7 Å². The molecule has 0 radical (unpaired) electrons. The Hall–Kier alpha value is -3.05. The van der Waals surface area contributed by atoms with Crippen molar-refractivity contribution in [3.63, 3.8) is 0 Å². The van der Waals surface area contributed by atoms with Crippen molar-refractivity contribution in [1.82, 2.24) is 19.4 Å². The van der Waals surface area contributed by atoms with E-state index in [1.54, 1.807) is 18.2 Å². The van der Waals surface area contributed by atoms with Gasteiger partial charge in [0.2, 0.25) is 5.88 Å². The fourth-order valence-corrected chi connectivity index (χ4v) is 6.44. The first-order valence-corrected chi connectivity index (χ1v) is 15.2. The van der Waals surface area contributed by atoms with E-state index >= 15 is 0 Å². The fourth-order valence-electron chi connectivity index (χ4n) is 5.34. The molecule has 3 aromatic heterocycles. The molecule has 5 heterocycles. The molecule has 2 saturated heterocycles. The number of benzene rings is 1. The fraction of sp³-hybridized carbons (Fsp3) is 0.433. The van der Waals surface area contributed by atoms with E-state index in [2.05, 4.69) is 9.47 Å². The number of carbonyl (C=O) groups is 1. The molecule has 6 rings (SSSR count). The Morgan fingerprint density at radius 3 is 2.73 bits per heavy atom. The molecule has 4 aromatic rings. The largest absolute Gasteiger partial charge is 0.473 e. The summed E-state index contributed by atoms with van der Waals surface area (Å²) in [6.07, 6.45) is 3.15. The number of thiophene rings is 1. The molecule has 8 nitrogen and oxygen atoms in total. The third-order valence-electron chi connectivity index (χ3n) is 7.69. The van der Waals surface area contributed by atoms with Crippen molar-refractivity contribution < 1.29 is 23.4 Å². The van der Waals surface area contributed by atoms with E-state index in [0.717, 1.165) is 73.9 Å². The van der Waals surface area contributed by atoms with E-state index in [1.165, 1.54) is 17.4 Å². The van der Waals surface area contributed by atoms with E-state index in [0.29, 0.717) is 33.9 Å². The number of fused-ring (bicyclic) bond motifs is 1. The minimum Gasteiger partial charge on any atom is -0.473 e. The van der Waals surface area contributed by atoms with Crippen LogP contribution in [-0.2, 0) is 29.2 Å². The Labute approximate surface area is 247 Å². The zero-order chi connectivity index (χ0) is 28.3. The maximum absolute atomic E-state index is 14.1. The van der Waals surface area contributed by atoms with Crippen LogP contribution >= 0.6 is 22.9 Å². The van der Waals surface area contributed by atoms with Gasteiger partial charge in [-0.2, -0.15) is 0 Å². The molecule has 0 unspecified atom stereocenters. The highest BCUT2D eigenvalue weighted by molar-refractivity contribution is 7.20. The van der Waals surface area contributed by atoms with Gasteiger partial charge < -0.3 is 18.8 Å². The predicted molar refractivity (Wildman–Crippen MR) is 155 cm³/mol. The van der Waals surface area contributed by atoms with Gasteiger partial charge in [0.1, 0.15) is 28.0 Å². The van der Waals surface area contributed by atoms with E-state index in [-0.39, 0.29) is 24.5 Å². The van der Waals surface area contributed by atoms with Crippen LogP contribution in [0, 0.1) is 5.82 Å². The normalized spacial score (nSPS) is 18.0. The molecule has 11 heteroatoms.